The molecule has 0 spiro atoms. The van der Waals surface area contributed by atoms with Crippen LogP contribution >= 0.6 is 0 Å². The van der Waals surface area contributed by atoms with Gasteiger partial charge >= 0.3 is 11.9 Å². The predicted octanol–water partition coefficient (Wildman–Crippen LogP) is 6.80. The third-order valence-electron chi connectivity index (χ3n) is 11.4. The standard InChI is InChI=1S/C45H55N5O11Si/c1-27(2)40(54)48-43-47-39-36(41(55)49-43)46-26-50(39)42-38(61-62(8,9)44(3,4)5)37(60-35(53)24-23-34(51)52)33(59-42)25-58-45(28-13-11-10-12-14-28,29-15-19-31(56-6)20-16-29)30-17-21-32(57-7)22-18-30/h10-22,26-27,33,37-38,42H,23-25H2,1-9H3,(H,51,52)(H2,47,48,49,54,55). The van der Waals surface area contributed by atoms with Crippen LogP contribution in [0.3, 0.4) is 0 Å². The number of carbonyl (C=O) groups is 3. The molecule has 17 heteroatoms. The van der Waals surface area contributed by atoms with E-state index in [4.69, 9.17) is 28.1 Å². The van der Waals surface area contributed by atoms with Crippen LogP contribution < -0.4 is 20.3 Å². The molecule has 0 saturated carbocycles. The number of H-pyrrole nitrogens is 1. The molecule has 4 unspecified atom stereocenters. The molecule has 3 heterocycles. The molecule has 1 fully saturated rings. The van der Waals surface area contributed by atoms with Gasteiger partial charge in [-0.2, -0.15) is 4.98 Å². The first-order valence-corrected chi connectivity index (χ1v) is 23.3. The van der Waals surface area contributed by atoms with Crippen LogP contribution in [-0.2, 0) is 38.6 Å². The number of methoxy groups -OCH3 is 2. The average molecular weight is 870 g/mol. The van der Waals surface area contributed by atoms with Crippen LogP contribution in [0.4, 0.5) is 5.95 Å². The lowest BCUT2D eigenvalue weighted by atomic mass is 9.80. The summed E-state index contributed by atoms with van der Waals surface area (Å²) in [4.78, 5) is 62.9. The zero-order valence-corrected chi connectivity index (χ0v) is 37.5. The van der Waals surface area contributed by atoms with Crippen molar-refractivity contribution < 1.29 is 47.6 Å². The number of nitrogens with one attached hydrogen (secondary N) is 2. The molecule has 3 N–H and O–H groups in total. The lowest BCUT2D eigenvalue weighted by molar-refractivity contribution is -0.160. The minimum atomic E-state index is -2.75. The number of amides is 1. The number of hydrogen-bond donors (Lipinski definition) is 3. The number of aromatic nitrogens is 4. The van der Waals surface area contributed by atoms with E-state index in [9.17, 15) is 24.3 Å². The first kappa shape index (κ1) is 45.6. The van der Waals surface area contributed by atoms with Crippen LogP contribution in [0.5, 0.6) is 11.5 Å². The normalized spacial score (nSPS) is 18.2. The highest BCUT2D eigenvalue weighted by molar-refractivity contribution is 6.74. The molecule has 2 aromatic heterocycles. The average Bonchev–Trinajstić information content (AvgIpc) is 3.81. The number of benzene rings is 3. The Balaban J connectivity index is 1.52. The van der Waals surface area contributed by atoms with E-state index >= 15 is 0 Å². The third-order valence-corrected chi connectivity index (χ3v) is 15.9. The van der Waals surface area contributed by atoms with Crippen LogP contribution in [0.1, 0.15) is 70.4 Å². The minimum Gasteiger partial charge on any atom is -0.497 e. The summed E-state index contributed by atoms with van der Waals surface area (Å²) in [7, 11) is 0.425. The number of hydrogen-bond acceptors (Lipinski definition) is 12. The number of fused-ring (bicyclic) bond motifs is 1. The molecular formula is C45H55N5O11Si. The Morgan fingerprint density at radius 3 is 2.00 bits per heavy atom. The molecule has 4 atom stereocenters. The fourth-order valence-electron chi connectivity index (χ4n) is 6.98. The van der Waals surface area contributed by atoms with Gasteiger partial charge in [0.1, 0.15) is 29.3 Å². The number of carboxylic acids is 1. The Morgan fingerprint density at radius 2 is 1.47 bits per heavy atom. The Kier molecular flexibility index (Phi) is 13.7. The van der Waals surface area contributed by atoms with E-state index < -0.39 is 74.7 Å². The fraction of sp³-hybridized carbons (Fsp3) is 0.422. The molecule has 3 aromatic carbocycles. The molecule has 0 bridgehead atoms. The second-order valence-electron chi connectivity index (χ2n) is 17.0. The van der Waals surface area contributed by atoms with E-state index in [0.29, 0.717) is 11.5 Å². The maximum atomic E-state index is 13.6. The maximum Gasteiger partial charge on any atom is 0.306 e. The largest absolute Gasteiger partial charge is 0.497 e. The van der Waals surface area contributed by atoms with Crippen molar-refractivity contribution in [2.75, 3.05) is 26.1 Å². The van der Waals surface area contributed by atoms with Gasteiger partial charge in [0, 0.05) is 5.92 Å². The summed E-state index contributed by atoms with van der Waals surface area (Å²) in [5.74, 6) is -1.53. The number of rotatable bonds is 17. The highest BCUT2D eigenvalue weighted by atomic mass is 28.4. The maximum absolute atomic E-state index is 13.6. The van der Waals surface area contributed by atoms with Gasteiger partial charge in [0.15, 0.2) is 31.8 Å². The number of aliphatic carboxylic acids is 1. The van der Waals surface area contributed by atoms with E-state index in [2.05, 4.69) is 41.0 Å². The summed E-state index contributed by atoms with van der Waals surface area (Å²) in [6.45, 7) is 13.5. The van der Waals surface area contributed by atoms with Crippen LogP contribution in [0.25, 0.3) is 11.2 Å². The summed E-state index contributed by atoms with van der Waals surface area (Å²) in [5.41, 5.74) is 0.411. The van der Waals surface area contributed by atoms with Gasteiger partial charge < -0.3 is 33.2 Å². The lowest BCUT2D eigenvalue weighted by Crippen LogP contribution is -2.50. The minimum absolute atomic E-state index is 0.0287. The number of carbonyl (C=O) groups excluding carboxylic acids is 2. The Hall–Kier alpha value is -5.88. The highest BCUT2D eigenvalue weighted by Crippen LogP contribution is 2.46. The van der Waals surface area contributed by atoms with Gasteiger partial charge in [-0.3, -0.25) is 34.0 Å². The topological polar surface area (TPSA) is 202 Å². The number of carboxylic acid groups (broad SMARTS) is 1. The fourth-order valence-corrected chi connectivity index (χ4v) is 8.27. The van der Waals surface area contributed by atoms with Gasteiger partial charge in [-0.15, -0.1) is 0 Å². The van der Waals surface area contributed by atoms with Crippen LogP contribution in [0, 0.1) is 5.92 Å². The molecule has 0 radical (unpaired) electrons. The van der Waals surface area contributed by atoms with Crippen molar-refractivity contribution in [1.82, 2.24) is 19.5 Å². The van der Waals surface area contributed by atoms with Crippen molar-refractivity contribution in [3.8, 4) is 11.5 Å². The van der Waals surface area contributed by atoms with Crippen molar-refractivity contribution in [2.24, 2.45) is 5.92 Å². The van der Waals surface area contributed by atoms with Crippen molar-refractivity contribution in [3.05, 3.63) is 112 Å². The van der Waals surface area contributed by atoms with Gasteiger partial charge in [-0.25, -0.2) is 4.98 Å². The number of anilines is 1. The molecule has 5 aromatic rings. The second-order valence-corrected chi connectivity index (χ2v) is 21.7. The summed E-state index contributed by atoms with van der Waals surface area (Å²) in [5, 5.41) is 11.8. The molecule has 16 nitrogen and oxygen atoms in total. The summed E-state index contributed by atoms with van der Waals surface area (Å²) >= 11 is 0. The monoisotopic (exact) mass is 869 g/mol. The molecule has 1 saturated heterocycles. The number of aromatic amines is 1. The van der Waals surface area contributed by atoms with Crippen LogP contribution in [-0.4, -0.2) is 89.9 Å². The van der Waals surface area contributed by atoms with Gasteiger partial charge in [0.25, 0.3) is 5.56 Å². The van der Waals surface area contributed by atoms with E-state index in [1.165, 1.54) is 10.9 Å². The highest BCUT2D eigenvalue weighted by Gasteiger charge is 2.54. The van der Waals surface area contributed by atoms with Crippen molar-refractivity contribution in [3.63, 3.8) is 0 Å². The summed E-state index contributed by atoms with van der Waals surface area (Å²) in [6.07, 6.45) is -3.86. The summed E-state index contributed by atoms with van der Waals surface area (Å²) < 4.78 is 40.1. The quantitative estimate of drug-likeness (QED) is 0.0501. The molecule has 1 amide bonds. The Bertz CT molecular complexity index is 2360. The number of esters is 1. The third kappa shape index (κ3) is 9.60. The van der Waals surface area contributed by atoms with Crippen molar-refractivity contribution in [1.29, 1.82) is 0 Å². The smallest absolute Gasteiger partial charge is 0.306 e. The first-order valence-electron chi connectivity index (χ1n) is 20.4. The number of nitrogens with zero attached hydrogens (tertiary/aromatic N) is 3. The molecule has 6 rings (SSSR count). The van der Waals surface area contributed by atoms with E-state index in [1.807, 2.05) is 92.0 Å². The van der Waals surface area contributed by atoms with Crippen molar-refractivity contribution in [2.45, 2.75) is 95.7 Å². The van der Waals surface area contributed by atoms with E-state index in [0.717, 1.165) is 16.7 Å². The van der Waals surface area contributed by atoms with Crippen LogP contribution in [0.2, 0.25) is 18.1 Å². The molecule has 1 aliphatic rings. The molecule has 0 aliphatic carbocycles. The van der Waals surface area contributed by atoms with E-state index in [-0.39, 0.29) is 34.7 Å². The zero-order valence-electron chi connectivity index (χ0n) is 36.5. The number of imidazole rings is 1. The zero-order chi connectivity index (χ0) is 45.0. The first-order chi connectivity index (χ1) is 29.4. The van der Waals surface area contributed by atoms with Gasteiger partial charge in [-0.05, 0) is 59.1 Å². The second kappa shape index (κ2) is 18.6. The molecule has 62 heavy (non-hydrogen) atoms. The lowest BCUT2D eigenvalue weighted by Gasteiger charge is -2.40. The van der Waals surface area contributed by atoms with Crippen LogP contribution in [0.15, 0.2) is 90.0 Å². The predicted molar refractivity (Wildman–Crippen MR) is 233 cm³/mol. The molecule has 1 aliphatic heterocycles. The van der Waals surface area contributed by atoms with Crippen molar-refractivity contribution >= 4 is 43.3 Å². The van der Waals surface area contributed by atoms with Gasteiger partial charge in [0.05, 0.1) is 40.0 Å². The molecule has 330 valence electrons. The van der Waals surface area contributed by atoms with Gasteiger partial charge in [-0.1, -0.05) is 89.2 Å². The Morgan fingerprint density at radius 1 is 0.887 bits per heavy atom. The SMILES string of the molecule is COc1ccc(C(OCC2OC(n3cnc4c(=O)[nH]c(NC(=O)C(C)C)nc43)C(O[Si](C)(C)C(C)(C)C)C2OC(=O)CCC(=O)O)(c2ccccc2)c2ccc(OC)cc2)cc1. The number of ether oxygens (including phenoxy) is 5. The Labute approximate surface area is 361 Å². The van der Waals surface area contributed by atoms with E-state index in [1.54, 1.807) is 28.1 Å². The molecular weight excluding hydrogens is 815 g/mol. The van der Waals surface area contributed by atoms with Gasteiger partial charge in [0.2, 0.25) is 11.9 Å². The summed E-state index contributed by atoms with van der Waals surface area (Å²) in [6, 6.07) is 24.7.